The summed E-state index contributed by atoms with van der Waals surface area (Å²) in [5, 5.41) is 0. The molecule has 82 valence electrons. The standard InChI is InChI=1S/C12H15FO2/c1-3-7-11(13)10-8-5-6-9-12(10)15-14-4-2/h4-6,8-9,11H,2-3,7H2,1H3. The minimum absolute atomic E-state index is 0.401. The van der Waals surface area contributed by atoms with Gasteiger partial charge in [0.15, 0.2) is 5.75 Å². The van der Waals surface area contributed by atoms with Crippen LogP contribution in [0.15, 0.2) is 37.1 Å². The van der Waals surface area contributed by atoms with E-state index in [0.29, 0.717) is 17.7 Å². The van der Waals surface area contributed by atoms with Crippen molar-refractivity contribution in [3.05, 3.63) is 42.7 Å². The summed E-state index contributed by atoms with van der Waals surface area (Å²) in [6.45, 7) is 5.29. The fourth-order valence-corrected chi connectivity index (χ4v) is 1.31. The van der Waals surface area contributed by atoms with Gasteiger partial charge in [0.05, 0.1) is 0 Å². The molecule has 0 bridgehead atoms. The van der Waals surface area contributed by atoms with Crippen LogP contribution in [0.25, 0.3) is 0 Å². The highest BCUT2D eigenvalue weighted by Gasteiger charge is 2.14. The van der Waals surface area contributed by atoms with Crippen LogP contribution in [0, 0.1) is 0 Å². The fraction of sp³-hybridized carbons (Fsp3) is 0.333. The van der Waals surface area contributed by atoms with Crippen LogP contribution in [0.4, 0.5) is 4.39 Å². The molecule has 1 atom stereocenters. The second-order valence-electron chi connectivity index (χ2n) is 3.14. The van der Waals surface area contributed by atoms with Gasteiger partial charge in [0.2, 0.25) is 0 Å². The summed E-state index contributed by atoms with van der Waals surface area (Å²) in [6.07, 6.45) is 1.41. The number of halogens is 1. The van der Waals surface area contributed by atoms with E-state index >= 15 is 0 Å². The van der Waals surface area contributed by atoms with Crippen molar-refractivity contribution < 1.29 is 14.2 Å². The van der Waals surface area contributed by atoms with Crippen molar-refractivity contribution in [2.45, 2.75) is 25.9 Å². The smallest absolute Gasteiger partial charge is 0.184 e. The highest BCUT2D eigenvalue weighted by molar-refractivity contribution is 5.34. The Morgan fingerprint density at radius 1 is 1.47 bits per heavy atom. The van der Waals surface area contributed by atoms with Crippen molar-refractivity contribution in [2.75, 3.05) is 0 Å². The van der Waals surface area contributed by atoms with Crippen molar-refractivity contribution in [1.29, 1.82) is 0 Å². The number of hydrogen-bond acceptors (Lipinski definition) is 2. The number of alkyl halides is 1. The molecule has 0 saturated carbocycles. The first-order valence-electron chi connectivity index (χ1n) is 4.96. The van der Waals surface area contributed by atoms with Crippen LogP contribution in [0.5, 0.6) is 5.75 Å². The highest BCUT2D eigenvalue weighted by atomic mass is 19.1. The molecule has 0 N–H and O–H groups in total. The maximum atomic E-state index is 13.7. The minimum atomic E-state index is -1.01. The molecule has 1 aromatic rings. The zero-order valence-electron chi connectivity index (χ0n) is 8.78. The van der Waals surface area contributed by atoms with E-state index in [1.54, 1.807) is 24.3 Å². The Hall–Kier alpha value is -1.51. The normalized spacial score (nSPS) is 11.9. The lowest BCUT2D eigenvalue weighted by atomic mass is 10.1. The molecule has 0 radical (unpaired) electrons. The SMILES string of the molecule is C=COOc1ccccc1C(F)CCC. The van der Waals surface area contributed by atoms with Gasteiger partial charge in [0.1, 0.15) is 12.4 Å². The molecule has 0 aliphatic rings. The van der Waals surface area contributed by atoms with Crippen LogP contribution in [-0.2, 0) is 4.89 Å². The average Bonchev–Trinajstić information content (AvgIpc) is 2.27. The summed E-state index contributed by atoms with van der Waals surface area (Å²) in [5.74, 6) is 0.401. The number of rotatable bonds is 6. The lowest BCUT2D eigenvalue weighted by Gasteiger charge is -2.11. The van der Waals surface area contributed by atoms with Crippen molar-refractivity contribution in [1.82, 2.24) is 0 Å². The van der Waals surface area contributed by atoms with Crippen molar-refractivity contribution in [3.8, 4) is 5.75 Å². The molecule has 0 aliphatic carbocycles. The van der Waals surface area contributed by atoms with E-state index in [1.807, 2.05) is 6.92 Å². The van der Waals surface area contributed by atoms with Gasteiger partial charge in [-0.25, -0.2) is 4.39 Å². The van der Waals surface area contributed by atoms with Gasteiger partial charge in [0.25, 0.3) is 0 Å². The summed E-state index contributed by atoms with van der Waals surface area (Å²) in [4.78, 5) is 9.48. The van der Waals surface area contributed by atoms with E-state index in [4.69, 9.17) is 4.89 Å². The van der Waals surface area contributed by atoms with E-state index in [1.165, 1.54) is 0 Å². The monoisotopic (exact) mass is 210 g/mol. The minimum Gasteiger partial charge on any atom is -0.299 e. The lowest BCUT2D eigenvalue weighted by Crippen LogP contribution is -1.98. The van der Waals surface area contributed by atoms with Gasteiger partial charge in [0, 0.05) is 5.56 Å². The van der Waals surface area contributed by atoms with Gasteiger partial charge in [-0.3, -0.25) is 9.78 Å². The van der Waals surface area contributed by atoms with Gasteiger partial charge in [-0.2, -0.15) is 0 Å². The summed E-state index contributed by atoms with van der Waals surface area (Å²) in [6, 6.07) is 6.91. The number of para-hydroxylation sites is 1. The van der Waals surface area contributed by atoms with Crippen LogP contribution in [-0.4, -0.2) is 0 Å². The van der Waals surface area contributed by atoms with Crippen LogP contribution in [0.1, 0.15) is 31.5 Å². The van der Waals surface area contributed by atoms with Gasteiger partial charge in [-0.15, -0.1) is 0 Å². The molecule has 0 spiro atoms. The molecule has 0 amide bonds. The lowest BCUT2D eigenvalue weighted by molar-refractivity contribution is -0.149. The maximum Gasteiger partial charge on any atom is 0.184 e. The van der Waals surface area contributed by atoms with E-state index in [9.17, 15) is 4.39 Å². The maximum absolute atomic E-state index is 13.7. The molecule has 3 heteroatoms. The summed E-state index contributed by atoms with van der Waals surface area (Å²) in [7, 11) is 0. The zero-order chi connectivity index (χ0) is 11.1. The molecular formula is C12H15FO2. The summed E-state index contributed by atoms with van der Waals surface area (Å²) in [5.41, 5.74) is 0.515. The molecule has 0 aliphatic heterocycles. The highest BCUT2D eigenvalue weighted by Crippen LogP contribution is 2.30. The van der Waals surface area contributed by atoms with Crippen molar-refractivity contribution in [2.24, 2.45) is 0 Å². The largest absolute Gasteiger partial charge is 0.299 e. The fourth-order valence-electron chi connectivity index (χ4n) is 1.31. The van der Waals surface area contributed by atoms with Gasteiger partial charge in [-0.05, 0) is 12.5 Å². The van der Waals surface area contributed by atoms with E-state index in [-0.39, 0.29) is 0 Å². The molecule has 2 nitrogen and oxygen atoms in total. The van der Waals surface area contributed by atoms with Crippen LogP contribution in [0.2, 0.25) is 0 Å². The molecule has 0 saturated heterocycles. The molecule has 0 aromatic heterocycles. The molecule has 0 fully saturated rings. The van der Waals surface area contributed by atoms with E-state index in [2.05, 4.69) is 11.5 Å². The van der Waals surface area contributed by atoms with E-state index in [0.717, 1.165) is 12.7 Å². The molecule has 1 unspecified atom stereocenters. The predicted octanol–water partition coefficient (Wildman–Crippen LogP) is 3.95. The van der Waals surface area contributed by atoms with Gasteiger partial charge >= 0.3 is 0 Å². The summed E-state index contributed by atoms with van der Waals surface area (Å²) < 4.78 is 13.7. The predicted molar refractivity (Wildman–Crippen MR) is 57.1 cm³/mol. The Labute approximate surface area is 89.3 Å². The number of hydrogen-bond donors (Lipinski definition) is 0. The van der Waals surface area contributed by atoms with Gasteiger partial charge in [-0.1, -0.05) is 38.1 Å². The van der Waals surface area contributed by atoms with Crippen LogP contribution >= 0.6 is 0 Å². The topological polar surface area (TPSA) is 18.5 Å². The average molecular weight is 210 g/mol. The molecular weight excluding hydrogens is 195 g/mol. The third-order valence-corrected chi connectivity index (χ3v) is 2.00. The summed E-state index contributed by atoms with van der Waals surface area (Å²) >= 11 is 0. The Morgan fingerprint density at radius 3 is 2.87 bits per heavy atom. The first-order chi connectivity index (χ1) is 7.29. The quantitative estimate of drug-likeness (QED) is 0.402. The van der Waals surface area contributed by atoms with E-state index < -0.39 is 6.17 Å². The van der Waals surface area contributed by atoms with Gasteiger partial charge < -0.3 is 0 Å². The van der Waals surface area contributed by atoms with Crippen molar-refractivity contribution in [3.63, 3.8) is 0 Å². The molecule has 1 aromatic carbocycles. The Morgan fingerprint density at radius 2 is 2.20 bits per heavy atom. The first kappa shape index (κ1) is 11.6. The first-order valence-corrected chi connectivity index (χ1v) is 4.96. The third-order valence-electron chi connectivity index (χ3n) is 2.00. The Bertz CT molecular complexity index is 312. The molecule has 15 heavy (non-hydrogen) atoms. The molecule has 0 heterocycles. The third kappa shape index (κ3) is 3.27. The molecule has 1 rings (SSSR count). The number of benzene rings is 1. The Kier molecular flexibility index (Phi) is 4.68. The second-order valence-corrected chi connectivity index (χ2v) is 3.14. The Balaban J connectivity index is 2.79. The van der Waals surface area contributed by atoms with Crippen molar-refractivity contribution >= 4 is 0 Å². The second kappa shape index (κ2) is 6.06. The van der Waals surface area contributed by atoms with Crippen LogP contribution in [0.3, 0.4) is 0 Å². The zero-order valence-corrected chi connectivity index (χ0v) is 8.78. The van der Waals surface area contributed by atoms with Crippen LogP contribution < -0.4 is 4.89 Å².